The largest absolute Gasteiger partial charge is 0.394 e. The highest BCUT2D eigenvalue weighted by Gasteiger charge is 2.36. The molecule has 3 N–H and O–H groups in total. The Morgan fingerprint density at radius 3 is 2.64 bits per heavy atom. The fourth-order valence-corrected chi connectivity index (χ4v) is 4.41. The van der Waals surface area contributed by atoms with Crippen molar-refractivity contribution in [3.05, 3.63) is 60.2 Å². The summed E-state index contributed by atoms with van der Waals surface area (Å²) in [5.41, 5.74) is 1.92. The molecule has 1 aliphatic heterocycles. The summed E-state index contributed by atoms with van der Waals surface area (Å²) in [7, 11) is 0. The van der Waals surface area contributed by atoms with E-state index in [1.54, 1.807) is 11.3 Å². The van der Waals surface area contributed by atoms with E-state index in [9.17, 15) is 15.3 Å². The second-order valence-corrected chi connectivity index (χ2v) is 7.51. The van der Waals surface area contributed by atoms with Gasteiger partial charge in [-0.1, -0.05) is 36.4 Å². The highest BCUT2D eigenvalue weighted by atomic mass is 32.1. The van der Waals surface area contributed by atoms with Crippen LogP contribution in [0.2, 0.25) is 0 Å². The molecule has 4 nitrogen and oxygen atoms in total. The fourth-order valence-electron chi connectivity index (χ4n) is 3.35. The lowest BCUT2D eigenvalue weighted by Crippen LogP contribution is -2.44. The van der Waals surface area contributed by atoms with Crippen LogP contribution in [0.5, 0.6) is 0 Å². The van der Waals surface area contributed by atoms with E-state index < -0.39 is 24.4 Å². The molecule has 3 aromatic rings. The van der Waals surface area contributed by atoms with Crippen molar-refractivity contribution in [2.75, 3.05) is 6.61 Å². The van der Waals surface area contributed by atoms with Crippen molar-refractivity contribution in [3.8, 4) is 10.4 Å². The zero-order chi connectivity index (χ0) is 17.4. The predicted molar refractivity (Wildman–Crippen MR) is 98.6 cm³/mol. The van der Waals surface area contributed by atoms with Gasteiger partial charge in [-0.05, 0) is 34.7 Å². The number of hydrogen-bond donors (Lipinski definition) is 3. The summed E-state index contributed by atoms with van der Waals surface area (Å²) in [5.74, 6) is 0. The van der Waals surface area contributed by atoms with Crippen LogP contribution in [0.15, 0.2) is 54.6 Å². The molecule has 4 rings (SSSR count). The van der Waals surface area contributed by atoms with Gasteiger partial charge in [0.25, 0.3) is 0 Å². The zero-order valence-corrected chi connectivity index (χ0v) is 14.4. The smallest absolute Gasteiger partial charge is 0.109 e. The first-order valence-electron chi connectivity index (χ1n) is 8.37. The Morgan fingerprint density at radius 2 is 1.84 bits per heavy atom. The maximum absolute atomic E-state index is 10.3. The van der Waals surface area contributed by atoms with E-state index >= 15 is 0 Å². The molecule has 1 aromatic heterocycles. The van der Waals surface area contributed by atoms with E-state index in [-0.39, 0.29) is 13.0 Å². The fraction of sp³-hybridized carbons (Fsp3) is 0.300. The molecule has 1 saturated heterocycles. The van der Waals surface area contributed by atoms with E-state index in [1.807, 2.05) is 36.4 Å². The monoisotopic (exact) mass is 356 g/mol. The molecule has 0 amide bonds. The first-order chi connectivity index (χ1) is 12.2. The van der Waals surface area contributed by atoms with Gasteiger partial charge in [0, 0.05) is 16.0 Å². The Kier molecular flexibility index (Phi) is 4.58. The highest BCUT2D eigenvalue weighted by molar-refractivity contribution is 7.22. The SMILES string of the molecule is OC[C@H]1OC(c2cccc(-c3cc4ccccc4s3)c2)[C@@H](O)CC1O. The van der Waals surface area contributed by atoms with Crippen molar-refractivity contribution in [2.24, 2.45) is 0 Å². The molecule has 0 radical (unpaired) electrons. The molecular weight excluding hydrogens is 336 g/mol. The van der Waals surface area contributed by atoms with E-state index in [0.717, 1.165) is 16.0 Å². The predicted octanol–water partition coefficient (Wildman–Crippen LogP) is 3.11. The molecule has 1 fully saturated rings. The molecule has 2 heterocycles. The van der Waals surface area contributed by atoms with Gasteiger partial charge >= 0.3 is 0 Å². The summed E-state index contributed by atoms with van der Waals surface area (Å²) in [6, 6.07) is 18.4. The Hall–Kier alpha value is -1.76. The molecule has 2 unspecified atom stereocenters. The van der Waals surface area contributed by atoms with Crippen LogP contribution in [-0.2, 0) is 4.74 Å². The molecule has 130 valence electrons. The minimum Gasteiger partial charge on any atom is -0.394 e. The third-order valence-corrected chi connectivity index (χ3v) is 5.85. The van der Waals surface area contributed by atoms with E-state index in [1.165, 1.54) is 10.1 Å². The van der Waals surface area contributed by atoms with Crippen LogP contribution in [0.4, 0.5) is 0 Å². The molecule has 0 bridgehead atoms. The van der Waals surface area contributed by atoms with Gasteiger partial charge in [0.15, 0.2) is 0 Å². The second kappa shape index (κ2) is 6.86. The van der Waals surface area contributed by atoms with Crippen LogP contribution in [0, 0.1) is 0 Å². The van der Waals surface area contributed by atoms with Crippen LogP contribution < -0.4 is 0 Å². The molecule has 25 heavy (non-hydrogen) atoms. The molecule has 5 heteroatoms. The number of aliphatic hydroxyl groups is 3. The van der Waals surface area contributed by atoms with Crippen LogP contribution in [-0.4, -0.2) is 40.2 Å². The minimum atomic E-state index is -0.845. The summed E-state index contributed by atoms with van der Waals surface area (Å²) in [4.78, 5) is 1.16. The van der Waals surface area contributed by atoms with Crippen molar-refractivity contribution in [1.29, 1.82) is 0 Å². The van der Waals surface area contributed by atoms with Gasteiger partial charge in [-0.25, -0.2) is 0 Å². The Balaban J connectivity index is 1.67. The molecule has 1 aliphatic rings. The summed E-state index contributed by atoms with van der Waals surface area (Å²) in [5, 5.41) is 30.8. The molecule has 0 aliphatic carbocycles. The van der Waals surface area contributed by atoms with Gasteiger partial charge in [0.05, 0.1) is 18.8 Å². The molecule has 2 aromatic carbocycles. The molecular formula is C20H20O4S. The molecule has 0 saturated carbocycles. The normalized spacial score (nSPS) is 26.8. The lowest BCUT2D eigenvalue weighted by molar-refractivity contribution is -0.181. The average molecular weight is 356 g/mol. The third-order valence-electron chi connectivity index (χ3n) is 4.69. The van der Waals surface area contributed by atoms with E-state index in [0.29, 0.717) is 0 Å². The van der Waals surface area contributed by atoms with Crippen LogP contribution in [0.25, 0.3) is 20.5 Å². The number of benzene rings is 2. The van der Waals surface area contributed by atoms with E-state index in [4.69, 9.17) is 4.74 Å². The van der Waals surface area contributed by atoms with Gasteiger partial charge in [0.1, 0.15) is 12.2 Å². The summed E-state index contributed by atoms with van der Waals surface area (Å²) in [6.07, 6.45) is -2.66. The van der Waals surface area contributed by atoms with Gasteiger partial charge in [-0.3, -0.25) is 0 Å². The van der Waals surface area contributed by atoms with Crippen molar-refractivity contribution < 1.29 is 20.1 Å². The van der Waals surface area contributed by atoms with Crippen molar-refractivity contribution in [1.82, 2.24) is 0 Å². The number of hydrogen-bond acceptors (Lipinski definition) is 5. The first kappa shape index (κ1) is 16.7. The number of aliphatic hydroxyl groups excluding tert-OH is 3. The molecule has 0 spiro atoms. The van der Waals surface area contributed by atoms with Crippen molar-refractivity contribution >= 4 is 21.4 Å². The number of thiophene rings is 1. The molecule has 4 atom stereocenters. The van der Waals surface area contributed by atoms with Gasteiger partial charge < -0.3 is 20.1 Å². The zero-order valence-electron chi connectivity index (χ0n) is 13.6. The summed E-state index contributed by atoms with van der Waals surface area (Å²) in [6.45, 7) is -0.264. The number of ether oxygens (including phenoxy) is 1. The van der Waals surface area contributed by atoms with Gasteiger partial charge in [-0.2, -0.15) is 0 Å². The van der Waals surface area contributed by atoms with E-state index in [2.05, 4.69) is 18.2 Å². The lowest BCUT2D eigenvalue weighted by atomic mass is 9.93. The number of fused-ring (bicyclic) bond motifs is 1. The van der Waals surface area contributed by atoms with Crippen LogP contribution >= 0.6 is 11.3 Å². The standard InChI is InChI=1S/C20H20O4S/c21-11-17-15(22)10-16(23)20(24-17)14-6-3-5-12(8-14)19-9-13-4-1-2-7-18(13)25-19/h1-9,15-17,20-23H,10-11H2/t15?,16-,17+,20?/m0/s1. The summed E-state index contributed by atoms with van der Waals surface area (Å²) >= 11 is 1.73. The summed E-state index contributed by atoms with van der Waals surface area (Å²) < 4.78 is 6.99. The Morgan fingerprint density at radius 1 is 1.00 bits per heavy atom. The van der Waals surface area contributed by atoms with Crippen molar-refractivity contribution in [3.63, 3.8) is 0 Å². The quantitative estimate of drug-likeness (QED) is 0.674. The Labute approximate surface area is 149 Å². The first-order valence-corrected chi connectivity index (χ1v) is 9.18. The topological polar surface area (TPSA) is 69.9 Å². The highest BCUT2D eigenvalue weighted by Crippen LogP contribution is 2.37. The van der Waals surface area contributed by atoms with Crippen molar-refractivity contribution in [2.45, 2.75) is 30.8 Å². The lowest BCUT2D eigenvalue weighted by Gasteiger charge is -2.36. The third kappa shape index (κ3) is 3.21. The maximum Gasteiger partial charge on any atom is 0.109 e. The van der Waals surface area contributed by atoms with Gasteiger partial charge in [-0.15, -0.1) is 11.3 Å². The second-order valence-electron chi connectivity index (χ2n) is 6.42. The van der Waals surface area contributed by atoms with Gasteiger partial charge in [0.2, 0.25) is 0 Å². The maximum atomic E-state index is 10.3. The average Bonchev–Trinajstić information content (AvgIpc) is 3.06. The minimum absolute atomic E-state index is 0.197. The Bertz CT molecular complexity index is 842. The van der Waals surface area contributed by atoms with Crippen LogP contribution in [0.3, 0.4) is 0 Å². The number of rotatable bonds is 3. The van der Waals surface area contributed by atoms with Crippen LogP contribution in [0.1, 0.15) is 18.1 Å².